The summed E-state index contributed by atoms with van der Waals surface area (Å²) >= 11 is 0. The summed E-state index contributed by atoms with van der Waals surface area (Å²) in [4.78, 5) is 2.54. The molecule has 3 nitrogen and oxygen atoms in total. The highest BCUT2D eigenvalue weighted by molar-refractivity contribution is 4.67. The van der Waals surface area contributed by atoms with Gasteiger partial charge in [-0.3, -0.25) is 0 Å². The van der Waals surface area contributed by atoms with Crippen molar-refractivity contribution >= 4 is 0 Å². The first-order valence-electron chi connectivity index (χ1n) is 5.97. The van der Waals surface area contributed by atoms with Crippen LogP contribution in [-0.2, 0) is 0 Å². The number of rotatable bonds is 7. The second kappa shape index (κ2) is 8.21. The third kappa shape index (κ3) is 5.58. The van der Waals surface area contributed by atoms with Gasteiger partial charge in [0.25, 0.3) is 0 Å². The van der Waals surface area contributed by atoms with Gasteiger partial charge in [0.1, 0.15) is 0 Å². The molecule has 1 saturated heterocycles. The molecule has 2 N–H and O–H groups in total. The van der Waals surface area contributed by atoms with Crippen molar-refractivity contribution in [3.63, 3.8) is 0 Å². The Morgan fingerprint density at radius 2 is 1.57 bits per heavy atom. The topological polar surface area (TPSA) is 35.5 Å². The second-order valence-corrected chi connectivity index (χ2v) is 4.08. The van der Waals surface area contributed by atoms with Gasteiger partial charge in [-0.25, -0.2) is 0 Å². The van der Waals surface area contributed by atoms with E-state index >= 15 is 0 Å². The molecular weight excluding hydrogens is 176 g/mol. The fraction of sp³-hybridized carbons (Fsp3) is 1.00. The zero-order chi connectivity index (χ0) is 10.1. The summed E-state index contributed by atoms with van der Waals surface area (Å²) in [6, 6.07) is 0. The molecule has 1 aliphatic rings. The van der Waals surface area contributed by atoms with E-state index in [9.17, 15) is 0 Å². The third-order valence-electron chi connectivity index (χ3n) is 2.84. The summed E-state index contributed by atoms with van der Waals surface area (Å²) in [6.45, 7) is 6.38. The number of piperazine rings is 1. The Morgan fingerprint density at radius 1 is 0.929 bits per heavy atom. The number of hydrogen-bond donors (Lipinski definition) is 2. The van der Waals surface area contributed by atoms with Gasteiger partial charge in [0.05, 0.1) is 0 Å². The van der Waals surface area contributed by atoms with E-state index in [0.717, 1.165) is 19.5 Å². The minimum absolute atomic E-state index is 0.359. The van der Waals surface area contributed by atoms with Crippen LogP contribution in [-0.4, -0.2) is 49.3 Å². The van der Waals surface area contributed by atoms with E-state index in [-0.39, 0.29) is 0 Å². The van der Waals surface area contributed by atoms with Crippen LogP contribution in [0.5, 0.6) is 0 Å². The predicted molar refractivity (Wildman–Crippen MR) is 59.5 cm³/mol. The molecule has 3 heteroatoms. The Hall–Kier alpha value is -0.120. The summed E-state index contributed by atoms with van der Waals surface area (Å²) in [5, 5.41) is 12.0. The van der Waals surface area contributed by atoms with E-state index < -0.39 is 0 Å². The largest absolute Gasteiger partial charge is 0.396 e. The van der Waals surface area contributed by atoms with Crippen molar-refractivity contribution in [2.75, 3.05) is 39.3 Å². The molecule has 1 rings (SSSR count). The monoisotopic (exact) mass is 200 g/mol. The fourth-order valence-electron chi connectivity index (χ4n) is 1.91. The summed E-state index contributed by atoms with van der Waals surface area (Å²) in [5.41, 5.74) is 0. The molecule has 0 saturated carbocycles. The summed E-state index contributed by atoms with van der Waals surface area (Å²) in [5.74, 6) is 0. The molecule has 0 spiro atoms. The number of nitrogens with one attached hydrogen (secondary N) is 1. The normalized spacial score (nSPS) is 18.6. The lowest BCUT2D eigenvalue weighted by molar-refractivity contribution is 0.235. The molecule has 0 aromatic carbocycles. The van der Waals surface area contributed by atoms with Gasteiger partial charge in [0.2, 0.25) is 0 Å². The van der Waals surface area contributed by atoms with Crippen molar-refractivity contribution in [1.29, 1.82) is 0 Å². The quantitative estimate of drug-likeness (QED) is 0.598. The van der Waals surface area contributed by atoms with E-state index in [4.69, 9.17) is 5.11 Å². The van der Waals surface area contributed by atoms with Crippen LogP contribution in [0, 0.1) is 0 Å². The molecule has 0 unspecified atom stereocenters. The summed E-state index contributed by atoms with van der Waals surface area (Å²) in [7, 11) is 0. The van der Waals surface area contributed by atoms with E-state index in [2.05, 4.69) is 10.2 Å². The van der Waals surface area contributed by atoms with Crippen molar-refractivity contribution in [3.05, 3.63) is 0 Å². The fourth-order valence-corrected chi connectivity index (χ4v) is 1.91. The van der Waals surface area contributed by atoms with Gasteiger partial charge < -0.3 is 15.3 Å². The van der Waals surface area contributed by atoms with E-state index in [1.165, 1.54) is 45.3 Å². The SMILES string of the molecule is OCCCCCCCN1CCNCC1. The van der Waals surface area contributed by atoms with Crippen LogP contribution in [0.3, 0.4) is 0 Å². The zero-order valence-electron chi connectivity index (χ0n) is 9.17. The number of hydrogen-bond acceptors (Lipinski definition) is 3. The zero-order valence-corrected chi connectivity index (χ0v) is 9.17. The van der Waals surface area contributed by atoms with Crippen LogP contribution in [0.2, 0.25) is 0 Å². The van der Waals surface area contributed by atoms with Crippen LogP contribution in [0.1, 0.15) is 32.1 Å². The van der Waals surface area contributed by atoms with Crippen molar-refractivity contribution in [2.45, 2.75) is 32.1 Å². The maximum atomic E-state index is 8.61. The lowest BCUT2D eigenvalue weighted by atomic mass is 10.1. The van der Waals surface area contributed by atoms with Crippen LogP contribution >= 0.6 is 0 Å². The van der Waals surface area contributed by atoms with Crippen molar-refractivity contribution < 1.29 is 5.11 Å². The maximum absolute atomic E-state index is 8.61. The minimum Gasteiger partial charge on any atom is -0.396 e. The first kappa shape index (κ1) is 12.0. The van der Waals surface area contributed by atoms with E-state index in [1.807, 2.05) is 0 Å². The van der Waals surface area contributed by atoms with Crippen molar-refractivity contribution in [1.82, 2.24) is 10.2 Å². The highest BCUT2D eigenvalue weighted by atomic mass is 16.2. The molecule has 1 aliphatic heterocycles. The van der Waals surface area contributed by atoms with Crippen LogP contribution in [0.25, 0.3) is 0 Å². The van der Waals surface area contributed by atoms with Gasteiger partial charge in [-0.15, -0.1) is 0 Å². The highest BCUT2D eigenvalue weighted by Gasteiger charge is 2.07. The summed E-state index contributed by atoms with van der Waals surface area (Å²) in [6.07, 6.45) is 6.10. The molecule has 84 valence electrons. The summed E-state index contributed by atoms with van der Waals surface area (Å²) < 4.78 is 0. The molecule has 1 heterocycles. The first-order valence-corrected chi connectivity index (χ1v) is 5.97. The van der Waals surface area contributed by atoms with E-state index in [0.29, 0.717) is 6.61 Å². The highest BCUT2D eigenvalue weighted by Crippen LogP contribution is 2.04. The average Bonchev–Trinajstić information content (AvgIpc) is 2.25. The Labute approximate surface area is 87.5 Å². The number of aliphatic hydroxyl groups is 1. The Bertz CT molecular complexity index is 124. The lowest BCUT2D eigenvalue weighted by Crippen LogP contribution is -2.43. The smallest absolute Gasteiger partial charge is 0.0431 e. The van der Waals surface area contributed by atoms with Crippen LogP contribution in [0.15, 0.2) is 0 Å². The van der Waals surface area contributed by atoms with Crippen molar-refractivity contribution in [2.24, 2.45) is 0 Å². The lowest BCUT2D eigenvalue weighted by Gasteiger charge is -2.26. The van der Waals surface area contributed by atoms with Gasteiger partial charge in [-0.1, -0.05) is 19.3 Å². The molecule has 0 aliphatic carbocycles. The standard InChI is InChI=1S/C11H24N2O/c14-11-5-3-1-2-4-8-13-9-6-12-7-10-13/h12,14H,1-11H2. The van der Waals surface area contributed by atoms with Gasteiger partial charge in [0, 0.05) is 32.8 Å². The molecular formula is C11H24N2O. The number of aliphatic hydroxyl groups excluding tert-OH is 1. The Morgan fingerprint density at radius 3 is 2.29 bits per heavy atom. The molecule has 0 bridgehead atoms. The van der Waals surface area contributed by atoms with E-state index in [1.54, 1.807) is 0 Å². The molecule has 0 aromatic heterocycles. The third-order valence-corrected chi connectivity index (χ3v) is 2.84. The van der Waals surface area contributed by atoms with Gasteiger partial charge in [-0.05, 0) is 19.4 Å². The number of unbranched alkanes of at least 4 members (excludes halogenated alkanes) is 4. The second-order valence-electron chi connectivity index (χ2n) is 4.08. The molecule has 14 heavy (non-hydrogen) atoms. The van der Waals surface area contributed by atoms with Gasteiger partial charge in [-0.2, -0.15) is 0 Å². The Kier molecular flexibility index (Phi) is 7.01. The van der Waals surface area contributed by atoms with Crippen LogP contribution in [0.4, 0.5) is 0 Å². The van der Waals surface area contributed by atoms with Gasteiger partial charge >= 0.3 is 0 Å². The first-order chi connectivity index (χ1) is 6.93. The minimum atomic E-state index is 0.359. The van der Waals surface area contributed by atoms with Crippen molar-refractivity contribution in [3.8, 4) is 0 Å². The molecule has 1 fully saturated rings. The molecule has 0 atom stereocenters. The predicted octanol–water partition coefficient (Wildman–Crippen LogP) is 0.834. The molecule has 0 aromatic rings. The molecule has 0 radical (unpaired) electrons. The van der Waals surface area contributed by atoms with Gasteiger partial charge in [0.15, 0.2) is 0 Å². The number of nitrogens with zero attached hydrogens (tertiary/aromatic N) is 1. The molecule has 0 amide bonds. The average molecular weight is 200 g/mol. The van der Waals surface area contributed by atoms with Crippen LogP contribution < -0.4 is 5.32 Å². The maximum Gasteiger partial charge on any atom is 0.0431 e. The Balaban J connectivity index is 1.82.